The van der Waals surface area contributed by atoms with E-state index in [4.69, 9.17) is 23.2 Å². The van der Waals surface area contributed by atoms with Crippen LogP contribution in [0.25, 0.3) is 0 Å². The van der Waals surface area contributed by atoms with Gasteiger partial charge < -0.3 is 10.6 Å². The van der Waals surface area contributed by atoms with Crippen molar-refractivity contribution in [1.29, 1.82) is 0 Å². The number of carbonyl (C=O) groups is 2. The summed E-state index contributed by atoms with van der Waals surface area (Å²) in [6.07, 6.45) is 0. The van der Waals surface area contributed by atoms with E-state index in [-0.39, 0.29) is 16.0 Å². The van der Waals surface area contributed by atoms with E-state index >= 15 is 0 Å². The number of rotatable bonds is 5. The summed E-state index contributed by atoms with van der Waals surface area (Å²) in [6, 6.07) is 4.56. The summed E-state index contributed by atoms with van der Waals surface area (Å²) in [5.74, 6) is -1.38. The fourth-order valence-corrected chi connectivity index (χ4v) is 3.89. The van der Waals surface area contributed by atoms with Crippen molar-refractivity contribution < 1.29 is 14.0 Å². The number of amides is 2. The Morgan fingerprint density at radius 3 is 2.44 bits per heavy atom. The average molecular weight is 468 g/mol. The second kappa shape index (κ2) is 8.49. The molecule has 2 N–H and O–H groups in total. The van der Waals surface area contributed by atoms with E-state index < -0.39 is 23.8 Å². The van der Waals surface area contributed by atoms with Crippen LogP contribution in [0.3, 0.4) is 0 Å². The van der Waals surface area contributed by atoms with Gasteiger partial charge >= 0.3 is 0 Å². The van der Waals surface area contributed by atoms with Gasteiger partial charge in [0.15, 0.2) is 0 Å². The van der Waals surface area contributed by atoms with E-state index in [0.29, 0.717) is 10.4 Å². The van der Waals surface area contributed by atoms with Crippen LogP contribution in [0.5, 0.6) is 0 Å². The fraction of sp³-hybridized carbons (Fsp3) is 0.250. The number of carbonyl (C=O) groups excluding carboxylic acids is 2. The Morgan fingerprint density at radius 1 is 1.16 bits per heavy atom. The third-order valence-electron chi connectivity index (χ3n) is 3.40. The molecule has 2 unspecified atom stereocenters. The van der Waals surface area contributed by atoms with Crippen molar-refractivity contribution in [3.8, 4) is 0 Å². The standard InChI is InChI=1S/C16H14BrCl2FN2O2S/c1-7(9-5-12(20)11(19)6-10(9)18)21-15(23)8(2)22-16(24)13-3-4-14(17)25-13/h3-8H,1-2H3,(H,21,23)(H,22,24). The van der Waals surface area contributed by atoms with Gasteiger partial charge in [0.25, 0.3) is 5.91 Å². The van der Waals surface area contributed by atoms with E-state index in [2.05, 4.69) is 26.6 Å². The molecule has 4 nitrogen and oxygen atoms in total. The second-order valence-corrected chi connectivity index (χ2v) is 8.59. The summed E-state index contributed by atoms with van der Waals surface area (Å²) in [5.41, 5.74) is 0.401. The summed E-state index contributed by atoms with van der Waals surface area (Å²) in [6.45, 7) is 3.23. The Kier molecular flexibility index (Phi) is 6.85. The molecule has 2 rings (SSSR count). The first kappa shape index (κ1) is 20.2. The van der Waals surface area contributed by atoms with Gasteiger partial charge in [0.1, 0.15) is 11.9 Å². The van der Waals surface area contributed by atoms with Crippen LogP contribution < -0.4 is 10.6 Å². The van der Waals surface area contributed by atoms with Gasteiger partial charge in [-0.25, -0.2) is 4.39 Å². The molecular weight excluding hydrogens is 454 g/mol. The summed E-state index contributed by atoms with van der Waals surface area (Å²) in [4.78, 5) is 24.8. The largest absolute Gasteiger partial charge is 0.348 e. The molecule has 134 valence electrons. The third kappa shape index (κ3) is 5.17. The molecule has 9 heteroatoms. The zero-order valence-corrected chi connectivity index (χ0v) is 17.1. The molecule has 2 amide bonds. The minimum Gasteiger partial charge on any atom is -0.348 e. The minimum absolute atomic E-state index is 0.0879. The summed E-state index contributed by atoms with van der Waals surface area (Å²) >= 11 is 16.3. The van der Waals surface area contributed by atoms with Gasteiger partial charge in [0.2, 0.25) is 5.91 Å². The molecule has 2 atom stereocenters. The van der Waals surface area contributed by atoms with Crippen molar-refractivity contribution in [2.75, 3.05) is 0 Å². The highest BCUT2D eigenvalue weighted by Gasteiger charge is 2.21. The van der Waals surface area contributed by atoms with E-state index in [1.807, 2.05) is 0 Å². The molecule has 0 saturated carbocycles. The number of hydrogen-bond acceptors (Lipinski definition) is 3. The summed E-state index contributed by atoms with van der Waals surface area (Å²) in [7, 11) is 0. The number of halogens is 4. The van der Waals surface area contributed by atoms with Crippen LogP contribution in [0.15, 0.2) is 28.1 Å². The second-order valence-electron chi connectivity index (χ2n) is 5.32. The van der Waals surface area contributed by atoms with Crippen LogP contribution in [-0.2, 0) is 4.79 Å². The molecule has 0 aliphatic carbocycles. The maximum atomic E-state index is 13.6. The van der Waals surface area contributed by atoms with Gasteiger partial charge in [-0.15, -0.1) is 11.3 Å². The van der Waals surface area contributed by atoms with Crippen LogP contribution in [0.4, 0.5) is 4.39 Å². The topological polar surface area (TPSA) is 58.2 Å². The molecule has 0 bridgehead atoms. The number of thiophene rings is 1. The quantitative estimate of drug-likeness (QED) is 0.611. The smallest absolute Gasteiger partial charge is 0.262 e. The zero-order chi connectivity index (χ0) is 18.7. The van der Waals surface area contributed by atoms with Gasteiger partial charge in [0.05, 0.1) is 19.7 Å². The molecule has 0 saturated heterocycles. The Bertz CT molecular complexity index is 815. The van der Waals surface area contributed by atoms with Crippen LogP contribution in [0.1, 0.15) is 35.1 Å². The van der Waals surface area contributed by atoms with Gasteiger partial charge in [0, 0.05) is 5.02 Å². The lowest BCUT2D eigenvalue weighted by Crippen LogP contribution is -2.45. The van der Waals surface area contributed by atoms with Crippen LogP contribution in [-0.4, -0.2) is 17.9 Å². The molecule has 0 radical (unpaired) electrons. The molecule has 1 aromatic carbocycles. The number of benzene rings is 1. The molecule has 0 aliphatic heterocycles. The first-order chi connectivity index (χ1) is 11.7. The predicted molar refractivity (Wildman–Crippen MR) is 102 cm³/mol. The van der Waals surface area contributed by atoms with E-state index in [9.17, 15) is 14.0 Å². The normalized spacial score (nSPS) is 13.2. The zero-order valence-electron chi connectivity index (χ0n) is 13.2. The molecular formula is C16H14BrCl2FN2O2S. The maximum Gasteiger partial charge on any atom is 0.262 e. The lowest BCUT2D eigenvalue weighted by molar-refractivity contribution is -0.123. The van der Waals surface area contributed by atoms with Crippen LogP contribution in [0.2, 0.25) is 10.0 Å². The Hall–Kier alpha value is -1.15. The maximum absolute atomic E-state index is 13.6. The molecule has 25 heavy (non-hydrogen) atoms. The molecule has 1 heterocycles. The van der Waals surface area contributed by atoms with Crippen molar-refractivity contribution in [1.82, 2.24) is 10.6 Å². The minimum atomic E-state index is -0.772. The average Bonchev–Trinajstić information content (AvgIpc) is 2.97. The highest BCUT2D eigenvalue weighted by atomic mass is 79.9. The van der Waals surface area contributed by atoms with Crippen molar-refractivity contribution in [3.05, 3.63) is 54.4 Å². The molecule has 0 spiro atoms. The first-order valence-electron chi connectivity index (χ1n) is 7.20. The summed E-state index contributed by atoms with van der Waals surface area (Å²) < 4.78 is 14.4. The van der Waals surface area contributed by atoms with Crippen LogP contribution in [0, 0.1) is 5.82 Å². The number of hydrogen-bond donors (Lipinski definition) is 2. The number of nitrogens with one attached hydrogen (secondary N) is 2. The molecule has 1 aromatic heterocycles. The van der Waals surface area contributed by atoms with Gasteiger partial charge in [-0.1, -0.05) is 23.2 Å². The Morgan fingerprint density at radius 2 is 1.84 bits per heavy atom. The van der Waals surface area contributed by atoms with Crippen molar-refractivity contribution >= 4 is 62.3 Å². The van der Waals surface area contributed by atoms with Gasteiger partial charge in [-0.05, 0) is 59.6 Å². The highest BCUT2D eigenvalue weighted by Crippen LogP contribution is 2.28. The van der Waals surface area contributed by atoms with Crippen molar-refractivity contribution in [3.63, 3.8) is 0 Å². The predicted octanol–water partition coefficient (Wildman–Crippen LogP) is 4.95. The van der Waals surface area contributed by atoms with E-state index in [0.717, 1.165) is 3.79 Å². The molecule has 0 fully saturated rings. The monoisotopic (exact) mass is 466 g/mol. The van der Waals surface area contributed by atoms with Gasteiger partial charge in [-0.2, -0.15) is 0 Å². The van der Waals surface area contributed by atoms with Crippen LogP contribution >= 0.6 is 50.5 Å². The van der Waals surface area contributed by atoms with Gasteiger partial charge in [-0.3, -0.25) is 9.59 Å². The van der Waals surface area contributed by atoms with E-state index in [1.54, 1.807) is 26.0 Å². The lowest BCUT2D eigenvalue weighted by atomic mass is 10.1. The molecule has 2 aromatic rings. The van der Waals surface area contributed by atoms with E-state index in [1.165, 1.54) is 23.5 Å². The summed E-state index contributed by atoms with van der Waals surface area (Å²) in [5, 5.41) is 5.46. The highest BCUT2D eigenvalue weighted by molar-refractivity contribution is 9.11. The first-order valence-corrected chi connectivity index (χ1v) is 9.56. The van der Waals surface area contributed by atoms with Crippen molar-refractivity contribution in [2.45, 2.75) is 25.9 Å². The third-order valence-corrected chi connectivity index (χ3v) is 5.64. The Labute approximate surface area is 166 Å². The lowest BCUT2D eigenvalue weighted by Gasteiger charge is -2.19. The molecule has 0 aliphatic rings. The van der Waals surface area contributed by atoms with Crippen molar-refractivity contribution in [2.24, 2.45) is 0 Å². The Balaban J connectivity index is 2.01. The SMILES string of the molecule is CC(NC(=O)c1ccc(Br)s1)C(=O)NC(C)c1cc(F)c(Cl)cc1Cl. The fourth-order valence-electron chi connectivity index (χ4n) is 2.06.